The quantitative estimate of drug-likeness (QED) is 0.195. The maximum Gasteiger partial charge on any atom is 0.314 e. The molecule has 0 N–H and O–H groups in total. The lowest BCUT2D eigenvalue weighted by Gasteiger charge is -2.45. The Hall–Kier alpha value is -2.10. The van der Waals surface area contributed by atoms with Crippen molar-refractivity contribution in [1.82, 2.24) is 0 Å². The third kappa shape index (κ3) is 7.23. The van der Waals surface area contributed by atoms with Crippen LogP contribution < -0.4 is 9.47 Å². The number of esters is 1. The highest BCUT2D eigenvalue weighted by molar-refractivity contribution is 5.75. The first-order valence-corrected chi connectivity index (χ1v) is 14.4. The molecule has 36 heavy (non-hydrogen) atoms. The second-order valence-electron chi connectivity index (χ2n) is 11.4. The standard InChI is InChI=1S/C32H45FO3/c1-3-5-7-8-23-9-10-28-21-27(16-15-26(28)20-23)24-11-13-25(14-12-24)32(34)36-29-17-18-31(30(33)22-29)35-19-6-4-2/h3-6,17-18,22-28H,7-16,19-21H2,1-2H3/b5-3+,6-4+. The Labute approximate surface area is 217 Å². The molecule has 4 rings (SSSR count). The number of hydrogen-bond acceptors (Lipinski definition) is 3. The van der Waals surface area contributed by atoms with Crippen molar-refractivity contribution in [2.45, 2.75) is 90.9 Å². The summed E-state index contributed by atoms with van der Waals surface area (Å²) in [5.74, 6) is 4.07. The largest absolute Gasteiger partial charge is 0.486 e. The van der Waals surface area contributed by atoms with Gasteiger partial charge < -0.3 is 9.47 Å². The van der Waals surface area contributed by atoms with Crippen LogP contribution in [0.3, 0.4) is 0 Å². The van der Waals surface area contributed by atoms with Gasteiger partial charge in [-0.3, -0.25) is 4.79 Å². The Morgan fingerprint density at radius 1 is 0.889 bits per heavy atom. The molecular weight excluding hydrogens is 451 g/mol. The number of rotatable bonds is 9. The van der Waals surface area contributed by atoms with Crippen LogP contribution in [-0.2, 0) is 4.79 Å². The summed E-state index contributed by atoms with van der Waals surface area (Å²) in [7, 11) is 0. The van der Waals surface area contributed by atoms with Gasteiger partial charge in [-0.2, -0.15) is 0 Å². The monoisotopic (exact) mass is 496 g/mol. The topological polar surface area (TPSA) is 35.5 Å². The van der Waals surface area contributed by atoms with Gasteiger partial charge in [-0.1, -0.05) is 30.7 Å². The van der Waals surface area contributed by atoms with Crippen LogP contribution in [0.4, 0.5) is 4.39 Å². The van der Waals surface area contributed by atoms with Gasteiger partial charge >= 0.3 is 5.97 Å². The summed E-state index contributed by atoms with van der Waals surface area (Å²) in [5.41, 5.74) is 0. The summed E-state index contributed by atoms with van der Waals surface area (Å²) < 4.78 is 25.2. The molecule has 3 nitrogen and oxygen atoms in total. The molecule has 0 amide bonds. The molecule has 0 heterocycles. The minimum atomic E-state index is -0.504. The van der Waals surface area contributed by atoms with E-state index in [1.165, 1.54) is 63.5 Å². The number of hydrogen-bond donors (Lipinski definition) is 0. The molecule has 0 radical (unpaired) electrons. The first-order chi connectivity index (χ1) is 17.6. The van der Waals surface area contributed by atoms with Gasteiger partial charge in [-0.05, 0) is 126 Å². The van der Waals surface area contributed by atoms with Crippen LogP contribution in [0.15, 0.2) is 42.5 Å². The minimum absolute atomic E-state index is 0.0705. The van der Waals surface area contributed by atoms with Gasteiger partial charge in [-0.25, -0.2) is 4.39 Å². The maximum atomic E-state index is 14.3. The van der Waals surface area contributed by atoms with E-state index in [0.29, 0.717) is 6.61 Å². The summed E-state index contributed by atoms with van der Waals surface area (Å²) in [5, 5.41) is 0. The van der Waals surface area contributed by atoms with Crippen LogP contribution >= 0.6 is 0 Å². The van der Waals surface area contributed by atoms with E-state index in [-0.39, 0.29) is 23.4 Å². The number of allylic oxidation sites excluding steroid dienone is 3. The molecule has 3 aliphatic rings. The summed E-state index contributed by atoms with van der Waals surface area (Å²) >= 11 is 0. The molecule has 1 aromatic rings. The number of benzene rings is 1. The van der Waals surface area contributed by atoms with Gasteiger partial charge in [0.25, 0.3) is 0 Å². The second kappa shape index (κ2) is 13.4. The summed E-state index contributed by atoms with van der Waals surface area (Å²) in [4.78, 5) is 12.8. The van der Waals surface area contributed by atoms with Crippen LogP contribution in [0.25, 0.3) is 0 Å². The molecule has 1 aromatic carbocycles. The molecule has 0 saturated heterocycles. The summed E-state index contributed by atoms with van der Waals surface area (Å²) in [6.07, 6.45) is 23.4. The van der Waals surface area contributed by atoms with Crippen LogP contribution in [0.5, 0.6) is 11.5 Å². The molecule has 0 aliphatic heterocycles. The maximum absolute atomic E-state index is 14.3. The van der Waals surface area contributed by atoms with Crippen LogP contribution in [0, 0.1) is 41.3 Å². The van der Waals surface area contributed by atoms with Crippen molar-refractivity contribution < 1.29 is 18.7 Å². The highest BCUT2D eigenvalue weighted by Gasteiger charge is 2.39. The third-order valence-electron chi connectivity index (χ3n) is 9.20. The molecule has 4 heteroatoms. The number of halogens is 1. The minimum Gasteiger partial charge on any atom is -0.486 e. The first-order valence-electron chi connectivity index (χ1n) is 14.4. The molecular formula is C32H45FO3. The van der Waals surface area contributed by atoms with Gasteiger partial charge in [0.15, 0.2) is 11.6 Å². The Bertz CT molecular complexity index is 899. The van der Waals surface area contributed by atoms with E-state index in [4.69, 9.17) is 9.47 Å². The van der Waals surface area contributed by atoms with Gasteiger partial charge in [-0.15, -0.1) is 0 Å². The van der Waals surface area contributed by atoms with Gasteiger partial charge in [0.05, 0.1) is 5.92 Å². The molecule has 0 aromatic heterocycles. The van der Waals surface area contributed by atoms with E-state index in [0.717, 1.165) is 55.3 Å². The number of ether oxygens (including phenoxy) is 2. The van der Waals surface area contributed by atoms with Crippen molar-refractivity contribution in [3.63, 3.8) is 0 Å². The zero-order valence-corrected chi connectivity index (χ0v) is 22.3. The van der Waals surface area contributed by atoms with Crippen LogP contribution in [0.2, 0.25) is 0 Å². The van der Waals surface area contributed by atoms with E-state index in [1.54, 1.807) is 6.07 Å². The average Bonchev–Trinajstić information content (AvgIpc) is 2.90. The Morgan fingerprint density at radius 2 is 1.56 bits per heavy atom. The fraction of sp³-hybridized carbons (Fsp3) is 0.656. The van der Waals surface area contributed by atoms with Crippen molar-refractivity contribution in [2.75, 3.05) is 6.61 Å². The Kier molecular flexibility index (Phi) is 10.1. The average molecular weight is 497 g/mol. The zero-order chi connectivity index (χ0) is 25.3. The lowest BCUT2D eigenvalue weighted by atomic mass is 9.60. The molecule has 0 bridgehead atoms. The van der Waals surface area contributed by atoms with Crippen molar-refractivity contribution in [3.05, 3.63) is 48.3 Å². The highest BCUT2D eigenvalue weighted by atomic mass is 19.1. The molecule has 198 valence electrons. The SMILES string of the molecule is C/C=C/CCC1CCC2CC(C3CCC(C(=O)Oc4ccc(OC/C=C/C)c(F)c4)CC3)CCC2C1. The van der Waals surface area contributed by atoms with Gasteiger partial charge in [0.1, 0.15) is 12.4 Å². The summed E-state index contributed by atoms with van der Waals surface area (Å²) in [6, 6.07) is 4.40. The van der Waals surface area contributed by atoms with E-state index < -0.39 is 5.82 Å². The smallest absolute Gasteiger partial charge is 0.314 e. The van der Waals surface area contributed by atoms with E-state index in [2.05, 4.69) is 19.1 Å². The Balaban J connectivity index is 1.20. The van der Waals surface area contributed by atoms with Gasteiger partial charge in [0, 0.05) is 6.07 Å². The molecule has 3 saturated carbocycles. The van der Waals surface area contributed by atoms with Crippen LogP contribution in [-0.4, -0.2) is 12.6 Å². The summed E-state index contributed by atoms with van der Waals surface area (Å²) in [6.45, 7) is 4.33. The molecule has 4 unspecified atom stereocenters. The zero-order valence-electron chi connectivity index (χ0n) is 22.3. The fourth-order valence-corrected chi connectivity index (χ4v) is 7.13. The molecule has 3 aliphatic carbocycles. The number of fused-ring (bicyclic) bond motifs is 1. The fourth-order valence-electron chi connectivity index (χ4n) is 7.13. The second-order valence-corrected chi connectivity index (χ2v) is 11.4. The normalized spacial score (nSPS) is 30.9. The lowest BCUT2D eigenvalue weighted by Crippen LogP contribution is -2.35. The van der Waals surface area contributed by atoms with Crippen molar-refractivity contribution in [1.29, 1.82) is 0 Å². The van der Waals surface area contributed by atoms with E-state index in [9.17, 15) is 9.18 Å². The van der Waals surface area contributed by atoms with Crippen molar-refractivity contribution >= 4 is 5.97 Å². The van der Waals surface area contributed by atoms with Gasteiger partial charge in [0.2, 0.25) is 0 Å². The number of carbonyl (C=O) groups is 1. The first kappa shape index (κ1) is 26.9. The molecule has 3 fully saturated rings. The predicted octanol–water partition coefficient (Wildman–Crippen LogP) is 8.68. The molecule has 4 atom stereocenters. The van der Waals surface area contributed by atoms with Crippen molar-refractivity contribution in [3.8, 4) is 11.5 Å². The third-order valence-corrected chi connectivity index (χ3v) is 9.20. The predicted molar refractivity (Wildman–Crippen MR) is 144 cm³/mol. The van der Waals surface area contributed by atoms with E-state index in [1.807, 2.05) is 19.1 Å². The lowest BCUT2D eigenvalue weighted by molar-refractivity contribution is -0.140. The highest BCUT2D eigenvalue weighted by Crippen LogP contribution is 2.49. The Morgan fingerprint density at radius 3 is 2.28 bits per heavy atom. The van der Waals surface area contributed by atoms with Crippen LogP contribution in [0.1, 0.15) is 90.9 Å². The molecule has 0 spiro atoms. The number of carbonyl (C=O) groups excluding carboxylic acids is 1. The van der Waals surface area contributed by atoms with Crippen molar-refractivity contribution in [2.24, 2.45) is 35.5 Å². The van der Waals surface area contributed by atoms with E-state index >= 15 is 0 Å².